The predicted molar refractivity (Wildman–Crippen MR) is 153 cm³/mol. The molecule has 10 heteroatoms. The molecule has 3 amide bonds. The molecule has 2 heterocycles. The SMILES string of the molecule is CC(C)(C)OC(=O)c1cccc(CNC(=O)c2ccc(Cl)s2)c1NC(=O)c1ccc(N2CCCCC2=O)cc1. The van der Waals surface area contributed by atoms with Crippen LogP contribution in [0.4, 0.5) is 11.4 Å². The van der Waals surface area contributed by atoms with Gasteiger partial charge in [0.25, 0.3) is 11.8 Å². The van der Waals surface area contributed by atoms with Crippen LogP contribution in [0, 0.1) is 0 Å². The maximum atomic E-state index is 13.3. The summed E-state index contributed by atoms with van der Waals surface area (Å²) < 4.78 is 6.07. The van der Waals surface area contributed by atoms with Crippen LogP contribution in [-0.2, 0) is 16.1 Å². The van der Waals surface area contributed by atoms with Crippen molar-refractivity contribution in [1.82, 2.24) is 5.32 Å². The van der Waals surface area contributed by atoms with Gasteiger partial charge in [0, 0.05) is 30.8 Å². The third-order valence-electron chi connectivity index (χ3n) is 6.01. The van der Waals surface area contributed by atoms with Crippen LogP contribution in [0.2, 0.25) is 4.34 Å². The maximum Gasteiger partial charge on any atom is 0.340 e. The van der Waals surface area contributed by atoms with Gasteiger partial charge in [-0.25, -0.2) is 4.79 Å². The highest BCUT2D eigenvalue weighted by atomic mass is 35.5. The summed E-state index contributed by atoms with van der Waals surface area (Å²) in [5, 5.41) is 5.66. The van der Waals surface area contributed by atoms with E-state index in [0.29, 0.717) is 33.3 Å². The van der Waals surface area contributed by atoms with Gasteiger partial charge in [0.1, 0.15) is 5.60 Å². The van der Waals surface area contributed by atoms with E-state index in [-0.39, 0.29) is 29.6 Å². The second-order valence-corrected chi connectivity index (χ2v) is 11.8. The molecule has 2 N–H and O–H groups in total. The number of rotatable bonds is 7. The van der Waals surface area contributed by atoms with Gasteiger partial charge in [0.05, 0.1) is 20.5 Å². The highest BCUT2D eigenvalue weighted by Gasteiger charge is 2.24. The second kappa shape index (κ2) is 12.0. The Hall–Kier alpha value is -3.69. The number of nitrogens with zero attached hydrogens (tertiary/aromatic N) is 1. The van der Waals surface area contributed by atoms with Crippen molar-refractivity contribution in [2.24, 2.45) is 0 Å². The number of thiophene rings is 1. The summed E-state index contributed by atoms with van der Waals surface area (Å²) in [7, 11) is 0. The smallest absolute Gasteiger partial charge is 0.340 e. The Morgan fingerprint density at radius 2 is 1.74 bits per heavy atom. The number of nitrogens with one attached hydrogen (secondary N) is 2. The van der Waals surface area contributed by atoms with Crippen molar-refractivity contribution in [3.8, 4) is 0 Å². The molecule has 1 aromatic heterocycles. The molecule has 204 valence electrons. The van der Waals surface area contributed by atoms with E-state index in [1.165, 1.54) is 0 Å². The van der Waals surface area contributed by atoms with E-state index in [0.717, 1.165) is 29.9 Å². The van der Waals surface area contributed by atoms with Crippen LogP contribution in [0.5, 0.6) is 0 Å². The lowest BCUT2D eigenvalue weighted by Gasteiger charge is -2.26. The van der Waals surface area contributed by atoms with Crippen LogP contribution >= 0.6 is 22.9 Å². The largest absolute Gasteiger partial charge is 0.456 e. The number of anilines is 2. The van der Waals surface area contributed by atoms with E-state index in [4.69, 9.17) is 16.3 Å². The molecular formula is C29H30ClN3O5S. The van der Waals surface area contributed by atoms with Gasteiger partial charge in [-0.1, -0.05) is 23.7 Å². The Morgan fingerprint density at radius 3 is 2.38 bits per heavy atom. The average Bonchev–Trinajstić information content (AvgIpc) is 3.33. The molecule has 1 fully saturated rings. The number of hydrogen-bond donors (Lipinski definition) is 2. The average molecular weight is 568 g/mol. The molecule has 2 aromatic carbocycles. The van der Waals surface area contributed by atoms with Gasteiger partial charge < -0.3 is 20.3 Å². The number of piperidine rings is 1. The minimum Gasteiger partial charge on any atom is -0.456 e. The van der Waals surface area contributed by atoms with E-state index >= 15 is 0 Å². The topological polar surface area (TPSA) is 105 Å². The molecule has 8 nitrogen and oxygen atoms in total. The number of para-hydroxylation sites is 1. The fraction of sp³-hybridized carbons (Fsp3) is 0.310. The van der Waals surface area contributed by atoms with E-state index in [1.807, 2.05) is 0 Å². The summed E-state index contributed by atoms with van der Waals surface area (Å²) in [4.78, 5) is 53.4. The highest BCUT2D eigenvalue weighted by molar-refractivity contribution is 7.18. The lowest BCUT2D eigenvalue weighted by atomic mass is 10.0. The molecule has 1 aliphatic heterocycles. The Kier molecular flexibility index (Phi) is 8.72. The predicted octanol–water partition coefficient (Wildman–Crippen LogP) is 6.06. The maximum absolute atomic E-state index is 13.3. The minimum absolute atomic E-state index is 0.0522. The Labute approximate surface area is 236 Å². The first-order valence-corrected chi connectivity index (χ1v) is 13.8. The fourth-order valence-electron chi connectivity index (χ4n) is 4.15. The zero-order valence-electron chi connectivity index (χ0n) is 22.0. The third-order valence-corrected chi connectivity index (χ3v) is 7.24. The van der Waals surface area contributed by atoms with Crippen LogP contribution in [0.3, 0.4) is 0 Å². The number of hydrogen-bond acceptors (Lipinski definition) is 6. The summed E-state index contributed by atoms with van der Waals surface area (Å²) in [6.07, 6.45) is 2.34. The standard InChI is InChI=1S/C29H30ClN3O5S/c1-29(2,3)38-28(37)21-8-6-7-19(17-31-27(36)22-14-15-23(30)39-22)25(21)32-26(35)18-10-12-20(13-11-18)33-16-5-4-9-24(33)34/h6-8,10-15H,4-5,9,16-17H2,1-3H3,(H,31,36)(H,32,35). The minimum atomic E-state index is -0.747. The van der Waals surface area contributed by atoms with Gasteiger partial charge in [0.2, 0.25) is 5.91 Å². The summed E-state index contributed by atoms with van der Waals surface area (Å²) in [5.41, 5.74) is 1.28. The number of halogens is 1. The van der Waals surface area contributed by atoms with E-state index in [1.54, 1.807) is 80.3 Å². The van der Waals surface area contributed by atoms with Crippen LogP contribution in [0.1, 0.15) is 76.0 Å². The molecule has 0 radical (unpaired) electrons. The summed E-state index contributed by atoms with van der Waals surface area (Å²) in [6.45, 7) is 5.98. The van der Waals surface area contributed by atoms with Gasteiger partial charge in [-0.15, -0.1) is 11.3 Å². The lowest BCUT2D eigenvalue weighted by molar-refractivity contribution is -0.119. The van der Waals surface area contributed by atoms with Crippen LogP contribution in [-0.4, -0.2) is 35.8 Å². The molecule has 0 unspecified atom stereocenters. The van der Waals surface area contributed by atoms with Crippen molar-refractivity contribution in [2.45, 2.75) is 52.2 Å². The Bertz CT molecular complexity index is 1390. The Balaban J connectivity index is 1.58. The first-order chi connectivity index (χ1) is 18.5. The summed E-state index contributed by atoms with van der Waals surface area (Å²) >= 11 is 7.11. The van der Waals surface area contributed by atoms with E-state index in [2.05, 4.69) is 10.6 Å². The molecule has 0 saturated carbocycles. The van der Waals surface area contributed by atoms with Crippen molar-refractivity contribution in [3.63, 3.8) is 0 Å². The van der Waals surface area contributed by atoms with E-state index < -0.39 is 17.5 Å². The third kappa shape index (κ3) is 7.25. The number of carbonyl (C=O) groups excluding carboxylic acids is 4. The molecule has 1 aliphatic rings. The molecule has 0 bridgehead atoms. The molecule has 0 aliphatic carbocycles. The number of benzene rings is 2. The zero-order chi connectivity index (χ0) is 28.2. The van der Waals surface area contributed by atoms with Gasteiger partial charge in [-0.3, -0.25) is 14.4 Å². The summed E-state index contributed by atoms with van der Waals surface area (Å²) in [6, 6.07) is 15.0. The second-order valence-electron chi connectivity index (χ2n) is 10.1. The van der Waals surface area contributed by atoms with Gasteiger partial charge in [-0.05, 0) is 81.6 Å². The molecule has 1 saturated heterocycles. The van der Waals surface area contributed by atoms with Crippen LogP contribution in [0.25, 0.3) is 0 Å². The van der Waals surface area contributed by atoms with Crippen molar-refractivity contribution < 1.29 is 23.9 Å². The van der Waals surface area contributed by atoms with Crippen molar-refractivity contribution in [1.29, 1.82) is 0 Å². The molecule has 3 aromatic rings. The molecule has 39 heavy (non-hydrogen) atoms. The van der Waals surface area contributed by atoms with E-state index in [9.17, 15) is 19.2 Å². The van der Waals surface area contributed by atoms with Gasteiger partial charge in [0.15, 0.2) is 0 Å². The number of ether oxygens (including phenoxy) is 1. The molecule has 4 rings (SSSR count). The lowest BCUT2D eigenvalue weighted by Crippen LogP contribution is -2.35. The van der Waals surface area contributed by atoms with Crippen molar-refractivity contribution in [3.05, 3.63) is 80.5 Å². The fourth-order valence-corrected chi connectivity index (χ4v) is 5.11. The Morgan fingerprint density at radius 1 is 1.00 bits per heavy atom. The van der Waals surface area contributed by atoms with Crippen molar-refractivity contribution in [2.75, 3.05) is 16.8 Å². The van der Waals surface area contributed by atoms with Gasteiger partial charge >= 0.3 is 5.97 Å². The quantitative estimate of drug-likeness (QED) is 0.338. The number of carbonyl (C=O) groups is 4. The monoisotopic (exact) mass is 567 g/mol. The van der Waals surface area contributed by atoms with Crippen LogP contribution < -0.4 is 15.5 Å². The molecule has 0 spiro atoms. The first kappa shape index (κ1) is 28.3. The van der Waals surface area contributed by atoms with Crippen LogP contribution in [0.15, 0.2) is 54.6 Å². The van der Waals surface area contributed by atoms with Crippen molar-refractivity contribution >= 4 is 58.0 Å². The molecule has 0 atom stereocenters. The summed E-state index contributed by atoms with van der Waals surface area (Å²) in [5.74, 6) is -1.30. The zero-order valence-corrected chi connectivity index (χ0v) is 23.6. The van der Waals surface area contributed by atoms with Gasteiger partial charge in [-0.2, -0.15) is 0 Å². The number of amides is 3. The highest BCUT2D eigenvalue weighted by Crippen LogP contribution is 2.27. The molecular weight excluding hydrogens is 538 g/mol. The number of esters is 1. The normalized spacial score (nSPS) is 13.6. The first-order valence-electron chi connectivity index (χ1n) is 12.6.